The van der Waals surface area contributed by atoms with Crippen molar-refractivity contribution in [1.82, 2.24) is 4.98 Å². The van der Waals surface area contributed by atoms with Gasteiger partial charge in [-0.05, 0) is 35.4 Å². The van der Waals surface area contributed by atoms with Crippen molar-refractivity contribution in [2.24, 2.45) is 0 Å². The van der Waals surface area contributed by atoms with Gasteiger partial charge in [0.05, 0.1) is 12.6 Å². The molecule has 0 aliphatic carbocycles. The summed E-state index contributed by atoms with van der Waals surface area (Å²) in [6.07, 6.45) is 0. The van der Waals surface area contributed by atoms with Crippen LogP contribution in [0.3, 0.4) is 0 Å². The van der Waals surface area contributed by atoms with Crippen molar-refractivity contribution in [2.45, 2.75) is 17.4 Å². The lowest BCUT2D eigenvalue weighted by Gasteiger charge is -2.16. The Bertz CT molecular complexity index is 1200. The molecule has 0 saturated carbocycles. The number of carbonyl (C=O) groups excluding carboxylic acids is 1. The highest BCUT2D eigenvalue weighted by atomic mass is 32.2. The molecule has 0 saturated heterocycles. The number of benzene rings is 3. The van der Waals surface area contributed by atoms with Gasteiger partial charge >= 0.3 is 5.97 Å². The van der Waals surface area contributed by atoms with Crippen LogP contribution in [0.15, 0.2) is 83.9 Å². The number of aromatic nitrogens is 1. The molecule has 1 aromatic heterocycles. The maximum Gasteiger partial charge on any atom is 0.344 e. The Morgan fingerprint density at radius 1 is 0.935 bits per heavy atom. The third-order valence-corrected chi connectivity index (χ3v) is 5.76. The second kappa shape index (κ2) is 9.62. The number of carbonyl (C=O) groups is 1. The second-order valence-electron chi connectivity index (χ2n) is 6.82. The van der Waals surface area contributed by atoms with Crippen molar-refractivity contribution in [3.05, 3.63) is 101 Å². The van der Waals surface area contributed by atoms with Crippen LogP contribution in [0.4, 0.5) is 4.39 Å². The summed E-state index contributed by atoms with van der Waals surface area (Å²) in [7, 11) is 1.34. The quantitative estimate of drug-likeness (QED) is 0.263. The Morgan fingerprint density at radius 2 is 1.65 bits per heavy atom. The molecule has 6 heteroatoms. The first-order chi connectivity index (χ1) is 15.2. The van der Waals surface area contributed by atoms with Crippen molar-refractivity contribution in [2.75, 3.05) is 7.11 Å². The Morgan fingerprint density at radius 3 is 2.39 bits per heavy atom. The molecule has 0 bridgehead atoms. The first-order valence-electron chi connectivity index (χ1n) is 9.70. The van der Waals surface area contributed by atoms with Gasteiger partial charge in [-0.2, -0.15) is 0 Å². The monoisotopic (exact) mass is 433 g/mol. The molecule has 4 aromatic rings. The highest BCUT2D eigenvalue weighted by molar-refractivity contribution is 7.98. The number of ether oxygens (including phenoxy) is 2. The van der Waals surface area contributed by atoms with E-state index in [-0.39, 0.29) is 5.82 Å². The number of hydrogen-bond acceptors (Lipinski definition) is 5. The summed E-state index contributed by atoms with van der Waals surface area (Å²) in [4.78, 5) is 17.5. The van der Waals surface area contributed by atoms with Crippen LogP contribution in [0.1, 0.15) is 21.5 Å². The SMILES string of the molecule is COC(=O)c1c(SCc2ccc(F)cc2)nc2ccccc2c1OCc1ccccc1. The Kier molecular flexibility index (Phi) is 6.48. The number of hydrogen-bond donors (Lipinski definition) is 0. The van der Waals surface area contributed by atoms with Gasteiger partial charge in [-0.25, -0.2) is 14.2 Å². The van der Waals surface area contributed by atoms with E-state index in [0.29, 0.717) is 28.7 Å². The van der Waals surface area contributed by atoms with Gasteiger partial charge in [-0.15, -0.1) is 11.8 Å². The summed E-state index contributed by atoms with van der Waals surface area (Å²) in [6.45, 7) is 0.306. The zero-order valence-corrected chi connectivity index (χ0v) is 17.7. The van der Waals surface area contributed by atoms with E-state index in [1.54, 1.807) is 12.1 Å². The molecular formula is C25H20FNO3S. The molecule has 156 valence electrons. The lowest BCUT2D eigenvalue weighted by atomic mass is 10.1. The number of para-hydroxylation sites is 1. The second-order valence-corrected chi connectivity index (χ2v) is 7.78. The molecule has 0 radical (unpaired) electrons. The fourth-order valence-corrected chi connectivity index (χ4v) is 4.14. The highest BCUT2D eigenvalue weighted by Crippen LogP contribution is 2.37. The zero-order chi connectivity index (χ0) is 21.6. The minimum absolute atomic E-state index is 0.288. The molecule has 0 aliphatic heterocycles. The Hall–Kier alpha value is -3.38. The third kappa shape index (κ3) is 4.86. The van der Waals surface area contributed by atoms with Crippen LogP contribution in [0.25, 0.3) is 10.9 Å². The number of methoxy groups -OCH3 is 1. The van der Waals surface area contributed by atoms with Crippen LogP contribution < -0.4 is 4.74 Å². The molecule has 0 N–H and O–H groups in total. The van der Waals surface area contributed by atoms with Crippen LogP contribution >= 0.6 is 11.8 Å². The average Bonchev–Trinajstić information content (AvgIpc) is 2.82. The van der Waals surface area contributed by atoms with Crippen molar-refractivity contribution in [3.63, 3.8) is 0 Å². The van der Waals surface area contributed by atoms with Crippen molar-refractivity contribution in [3.8, 4) is 5.75 Å². The molecule has 4 nitrogen and oxygen atoms in total. The van der Waals surface area contributed by atoms with E-state index >= 15 is 0 Å². The predicted molar refractivity (Wildman–Crippen MR) is 120 cm³/mol. The number of nitrogens with zero attached hydrogens (tertiary/aromatic N) is 1. The molecule has 0 fully saturated rings. The first-order valence-corrected chi connectivity index (χ1v) is 10.7. The van der Waals surface area contributed by atoms with E-state index in [0.717, 1.165) is 22.0 Å². The number of fused-ring (bicyclic) bond motifs is 1. The van der Waals surface area contributed by atoms with Gasteiger partial charge in [0, 0.05) is 11.1 Å². The van der Waals surface area contributed by atoms with E-state index < -0.39 is 5.97 Å². The Labute approximate surface area is 184 Å². The molecule has 0 unspecified atom stereocenters. The third-order valence-electron chi connectivity index (χ3n) is 4.72. The minimum Gasteiger partial charge on any atom is -0.487 e. The summed E-state index contributed by atoms with van der Waals surface area (Å²) in [5, 5.41) is 1.25. The summed E-state index contributed by atoms with van der Waals surface area (Å²) in [5.41, 5.74) is 2.92. The summed E-state index contributed by atoms with van der Waals surface area (Å²) in [6, 6.07) is 23.5. The van der Waals surface area contributed by atoms with Crippen molar-refractivity contribution >= 4 is 28.6 Å². The molecule has 3 aromatic carbocycles. The van der Waals surface area contributed by atoms with Gasteiger partial charge in [0.2, 0.25) is 0 Å². The van der Waals surface area contributed by atoms with E-state index in [9.17, 15) is 9.18 Å². The van der Waals surface area contributed by atoms with Gasteiger partial charge in [-0.1, -0.05) is 54.6 Å². The zero-order valence-electron chi connectivity index (χ0n) is 16.9. The highest BCUT2D eigenvalue weighted by Gasteiger charge is 2.24. The van der Waals surface area contributed by atoms with E-state index in [2.05, 4.69) is 0 Å². The van der Waals surface area contributed by atoms with Crippen molar-refractivity contribution < 1.29 is 18.7 Å². The molecule has 0 amide bonds. The number of esters is 1. The molecule has 4 rings (SSSR count). The molecule has 1 heterocycles. The number of thioether (sulfide) groups is 1. The number of pyridine rings is 1. The fraction of sp³-hybridized carbons (Fsp3) is 0.120. The average molecular weight is 434 g/mol. The first kappa shape index (κ1) is 20.9. The van der Waals surface area contributed by atoms with Gasteiger partial charge in [0.15, 0.2) is 0 Å². The van der Waals surface area contributed by atoms with Crippen LogP contribution in [-0.4, -0.2) is 18.1 Å². The maximum absolute atomic E-state index is 13.2. The lowest BCUT2D eigenvalue weighted by Crippen LogP contribution is -2.10. The smallest absolute Gasteiger partial charge is 0.344 e. The van der Waals surface area contributed by atoms with Crippen LogP contribution in [0.2, 0.25) is 0 Å². The topological polar surface area (TPSA) is 48.4 Å². The summed E-state index contributed by atoms with van der Waals surface area (Å²) < 4.78 is 24.4. The number of rotatable bonds is 7. The largest absolute Gasteiger partial charge is 0.487 e. The van der Waals surface area contributed by atoms with Gasteiger partial charge < -0.3 is 9.47 Å². The van der Waals surface area contributed by atoms with Crippen LogP contribution in [0, 0.1) is 5.82 Å². The van der Waals surface area contributed by atoms with E-state index in [4.69, 9.17) is 14.5 Å². The van der Waals surface area contributed by atoms with Crippen LogP contribution in [0.5, 0.6) is 5.75 Å². The van der Waals surface area contributed by atoms with Crippen LogP contribution in [-0.2, 0) is 17.1 Å². The van der Waals surface area contributed by atoms with E-state index in [1.165, 1.54) is 31.0 Å². The molecule has 31 heavy (non-hydrogen) atoms. The summed E-state index contributed by atoms with van der Waals surface area (Å²) in [5.74, 6) is 0.170. The lowest BCUT2D eigenvalue weighted by molar-refractivity contribution is 0.0590. The van der Waals surface area contributed by atoms with Gasteiger partial charge in [-0.3, -0.25) is 0 Å². The standard InChI is InChI=1S/C25H20FNO3S/c1-29-25(28)22-23(30-15-17-7-3-2-4-8-17)20-9-5-6-10-21(20)27-24(22)31-16-18-11-13-19(26)14-12-18/h2-14H,15-16H2,1H3. The van der Waals surface area contributed by atoms with Gasteiger partial charge in [0.1, 0.15) is 28.8 Å². The molecule has 0 atom stereocenters. The summed E-state index contributed by atoms with van der Waals surface area (Å²) >= 11 is 1.39. The minimum atomic E-state index is -0.511. The number of halogens is 1. The maximum atomic E-state index is 13.2. The molecule has 0 aliphatic rings. The molecular weight excluding hydrogens is 413 g/mol. The molecule has 0 spiro atoms. The fourth-order valence-electron chi connectivity index (χ4n) is 3.16. The normalized spacial score (nSPS) is 10.8. The Balaban J connectivity index is 1.75. The van der Waals surface area contributed by atoms with Gasteiger partial charge in [0.25, 0.3) is 0 Å². The predicted octanol–water partition coefficient (Wildman–Crippen LogP) is 6.03. The van der Waals surface area contributed by atoms with E-state index in [1.807, 2.05) is 54.6 Å². The van der Waals surface area contributed by atoms with Crippen molar-refractivity contribution in [1.29, 1.82) is 0 Å².